The molecular formula is C26H27N3O2S. The highest BCUT2D eigenvalue weighted by atomic mass is 32.1. The van der Waals surface area contributed by atoms with Crippen molar-refractivity contribution in [1.82, 2.24) is 9.97 Å². The zero-order valence-electron chi connectivity index (χ0n) is 18.4. The summed E-state index contributed by atoms with van der Waals surface area (Å²) < 4.78 is 10.8. The number of ether oxygens (including phenoxy) is 2. The number of nitrogens with zero attached hydrogens (tertiary/aromatic N) is 2. The SMILES string of the molecule is COc1ccc(-c2nc(-c3ccc(C4(N)CCC4)cc3)c(C3=CC=CCC3)s2)c(OC)n1. The summed E-state index contributed by atoms with van der Waals surface area (Å²) in [7, 11) is 3.22. The molecule has 5 rings (SSSR count). The average molecular weight is 446 g/mol. The average Bonchev–Trinajstić information content (AvgIpc) is 3.28. The molecule has 1 aromatic carbocycles. The highest BCUT2D eigenvalue weighted by molar-refractivity contribution is 7.16. The molecule has 0 spiro atoms. The van der Waals surface area contributed by atoms with Crippen LogP contribution in [-0.2, 0) is 5.54 Å². The molecule has 5 nitrogen and oxygen atoms in total. The molecule has 1 saturated carbocycles. The summed E-state index contributed by atoms with van der Waals surface area (Å²) in [5, 5.41) is 0.885. The Balaban J connectivity index is 1.60. The minimum atomic E-state index is -0.159. The van der Waals surface area contributed by atoms with Gasteiger partial charge in [0.2, 0.25) is 11.8 Å². The van der Waals surface area contributed by atoms with Gasteiger partial charge in [-0.05, 0) is 49.3 Å². The first-order valence-corrected chi connectivity index (χ1v) is 11.8. The number of nitrogens with two attached hydrogens (primary N) is 1. The van der Waals surface area contributed by atoms with Crippen LogP contribution in [0.25, 0.3) is 27.4 Å². The van der Waals surface area contributed by atoms with Crippen molar-refractivity contribution in [3.63, 3.8) is 0 Å². The number of methoxy groups -OCH3 is 2. The second kappa shape index (κ2) is 8.52. The van der Waals surface area contributed by atoms with Gasteiger partial charge in [0.1, 0.15) is 5.01 Å². The summed E-state index contributed by atoms with van der Waals surface area (Å²) in [4.78, 5) is 10.7. The fraction of sp³-hybridized carbons (Fsp3) is 0.308. The fourth-order valence-electron chi connectivity index (χ4n) is 4.30. The van der Waals surface area contributed by atoms with E-state index in [1.54, 1.807) is 25.6 Å². The highest BCUT2D eigenvalue weighted by Crippen LogP contribution is 2.44. The Morgan fingerprint density at radius 3 is 2.44 bits per heavy atom. The first-order chi connectivity index (χ1) is 15.6. The van der Waals surface area contributed by atoms with E-state index in [9.17, 15) is 0 Å². The van der Waals surface area contributed by atoms with Crippen LogP contribution >= 0.6 is 11.3 Å². The molecule has 2 heterocycles. The van der Waals surface area contributed by atoms with Crippen molar-refractivity contribution in [3.8, 4) is 33.6 Å². The normalized spacial score (nSPS) is 16.9. The monoisotopic (exact) mass is 445 g/mol. The summed E-state index contributed by atoms with van der Waals surface area (Å²) in [6.45, 7) is 0. The molecule has 0 saturated heterocycles. The van der Waals surface area contributed by atoms with Crippen molar-refractivity contribution < 1.29 is 9.47 Å². The van der Waals surface area contributed by atoms with Gasteiger partial charge in [0.25, 0.3) is 0 Å². The summed E-state index contributed by atoms with van der Waals surface area (Å²) in [5.74, 6) is 1.03. The third-order valence-corrected chi connectivity index (χ3v) is 7.54. The minimum Gasteiger partial charge on any atom is -0.481 e. The molecule has 1 fully saturated rings. The third kappa shape index (κ3) is 3.74. The maximum absolute atomic E-state index is 6.53. The third-order valence-electron chi connectivity index (χ3n) is 6.38. The van der Waals surface area contributed by atoms with Gasteiger partial charge in [-0.25, -0.2) is 4.98 Å². The second-order valence-corrected chi connectivity index (χ2v) is 9.35. The molecule has 2 N–H and O–H groups in total. The van der Waals surface area contributed by atoms with Crippen LogP contribution in [0.4, 0.5) is 0 Å². The molecular weight excluding hydrogens is 418 g/mol. The summed E-state index contributed by atoms with van der Waals surface area (Å²) in [5.41, 5.74) is 11.9. The summed E-state index contributed by atoms with van der Waals surface area (Å²) >= 11 is 1.68. The number of hydrogen-bond donors (Lipinski definition) is 1. The van der Waals surface area contributed by atoms with Gasteiger partial charge in [-0.1, -0.05) is 42.5 Å². The number of rotatable bonds is 6. The number of hydrogen-bond acceptors (Lipinski definition) is 6. The minimum absolute atomic E-state index is 0.159. The lowest BCUT2D eigenvalue weighted by molar-refractivity contribution is 0.253. The Morgan fingerprint density at radius 2 is 1.81 bits per heavy atom. The largest absolute Gasteiger partial charge is 0.481 e. The van der Waals surface area contributed by atoms with E-state index in [0.29, 0.717) is 11.8 Å². The van der Waals surface area contributed by atoms with E-state index in [1.807, 2.05) is 12.1 Å². The lowest BCUT2D eigenvalue weighted by Gasteiger charge is -2.38. The van der Waals surface area contributed by atoms with E-state index >= 15 is 0 Å². The van der Waals surface area contributed by atoms with Crippen LogP contribution in [0.2, 0.25) is 0 Å². The Morgan fingerprint density at radius 1 is 1.00 bits per heavy atom. The van der Waals surface area contributed by atoms with Crippen molar-refractivity contribution in [1.29, 1.82) is 0 Å². The Kier molecular flexibility index (Phi) is 5.57. The van der Waals surface area contributed by atoms with E-state index in [2.05, 4.69) is 47.5 Å². The van der Waals surface area contributed by atoms with E-state index in [0.717, 1.165) is 47.5 Å². The number of allylic oxidation sites excluding steroid dienone is 4. The molecule has 164 valence electrons. The van der Waals surface area contributed by atoms with Crippen molar-refractivity contribution >= 4 is 16.9 Å². The van der Waals surface area contributed by atoms with Crippen LogP contribution in [-0.4, -0.2) is 24.2 Å². The maximum Gasteiger partial charge on any atom is 0.226 e. The maximum atomic E-state index is 6.53. The predicted molar refractivity (Wildman–Crippen MR) is 130 cm³/mol. The molecule has 0 atom stereocenters. The standard InChI is InChI=1S/C26H27N3O2S/c1-30-21-14-13-20(24(28-21)31-2)25-29-22(23(32-25)18-7-4-3-5-8-18)17-9-11-19(12-10-17)26(27)15-6-16-26/h3-4,7,9-14H,5-6,8,15-16,27H2,1-2H3. The molecule has 2 aliphatic rings. The van der Waals surface area contributed by atoms with Gasteiger partial charge in [-0.2, -0.15) is 4.98 Å². The van der Waals surface area contributed by atoms with Crippen molar-refractivity contribution in [3.05, 3.63) is 65.1 Å². The first-order valence-electron chi connectivity index (χ1n) is 11.0. The molecule has 0 bridgehead atoms. The van der Waals surface area contributed by atoms with Gasteiger partial charge in [-0.15, -0.1) is 11.3 Å². The Bertz CT molecular complexity index is 1190. The van der Waals surface area contributed by atoms with Gasteiger partial charge < -0.3 is 15.2 Å². The van der Waals surface area contributed by atoms with Crippen LogP contribution in [0.1, 0.15) is 42.5 Å². The van der Waals surface area contributed by atoms with Crippen molar-refractivity contribution in [2.75, 3.05) is 14.2 Å². The molecule has 3 aromatic rings. The van der Waals surface area contributed by atoms with E-state index < -0.39 is 0 Å². The molecule has 2 aliphatic carbocycles. The van der Waals surface area contributed by atoms with Gasteiger partial charge in [0, 0.05) is 17.2 Å². The van der Waals surface area contributed by atoms with Gasteiger partial charge >= 0.3 is 0 Å². The Hall–Kier alpha value is -2.96. The summed E-state index contributed by atoms with van der Waals surface area (Å²) in [6.07, 6.45) is 11.9. The van der Waals surface area contributed by atoms with Crippen molar-refractivity contribution in [2.45, 2.75) is 37.6 Å². The number of benzene rings is 1. The first kappa shape index (κ1) is 20.9. The van der Waals surface area contributed by atoms with Crippen LogP contribution in [0.3, 0.4) is 0 Å². The zero-order valence-corrected chi connectivity index (χ0v) is 19.2. The topological polar surface area (TPSA) is 70.3 Å². The molecule has 0 radical (unpaired) electrons. The number of thiazole rings is 1. The van der Waals surface area contributed by atoms with Crippen LogP contribution in [0, 0.1) is 0 Å². The molecule has 6 heteroatoms. The molecule has 0 aliphatic heterocycles. The van der Waals surface area contributed by atoms with Crippen LogP contribution in [0.5, 0.6) is 11.8 Å². The van der Waals surface area contributed by atoms with Crippen LogP contribution < -0.4 is 15.2 Å². The zero-order chi connectivity index (χ0) is 22.1. The molecule has 32 heavy (non-hydrogen) atoms. The quantitative estimate of drug-likeness (QED) is 0.507. The lowest BCUT2D eigenvalue weighted by Crippen LogP contribution is -2.43. The van der Waals surface area contributed by atoms with Crippen LogP contribution in [0.15, 0.2) is 54.6 Å². The van der Waals surface area contributed by atoms with Gasteiger partial charge in [0.15, 0.2) is 0 Å². The van der Waals surface area contributed by atoms with E-state index in [4.69, 9.17) is 20.2 Å². The van der Waals surface area contributed by atoms with E-state index in [-0.39, 0.29) is 5.54 Å². The number of pyridine rings is 1. The number of aromatic nitrogens is 2. The predicted octanol–water partition coefficient (Wildman–Crippen LogP) is 5.96. The molecule has 2 aromatic heterocycles. The highest BCUT2D eigenvalue weighted by Gasteiger charge is 2.34. The second-order valence-electron chi connectivity index (χ2n) is 8.35. The van der Waals surface area contributed by atoms with Crippen molar-refractivity contribution in [2.24, 2.45) is 5.73 Å². The molecule has 0 amide bonds. The van der Waals surface area contributed by atoms with Gasteiger partial charge in [0.05, 0.1) is 30.4 Å². The fourth-order valence-corrected chi connectivity index (χ4v) is 5.46. The molecule has 0 unspecified atom stereocenters. The lowest BCUT2D eigenvalue weighted by atomic mass is 9.72. The van der Waals surface area contributed by atoms with Gasteiger partial charge in [-0.3, -0.25) is 0 Å². The Labute approximate surface area is 192 Å². The smallest absolute Gasteiger partial charge is 0.226 e. The van der Waals surface area contributed by atoms with E-state index in [1.165, 1.54) is 22.4 Å². The summed E-state index contributed by atoms with van der Waals surface area (Å²) in [6, 6.07) is 12.5.